The largest absolute Gasteiger partial charge is 0.396 e. The first-order valence-corrected chi connectivity index (χ1v) is 6.42. The van der Waals surface area contributed by atoms with Crippen molar-refractivity contribution in [3.63, 3.8) is 0 Å². The zero-order valence-electron chi connectivity index (χ0n) is 10.3. The third-order valence-electron chi connectivity index (χ3n) is 3.71. The fraction of sp³-hybridized carbons (Fsp3) is 0.571. The van der Waals surface area contributed by atoms with Crippen LogP contribution in [0.25, 0.3) is 0 Å². The Morgan fingerprint density at radius 2 is 2.06 bits per heavy atom. The van der Waals surface area contributed by atoms with Crippen LogP contribution in [-0.2, 0) is 6.54 Å². The zero-order valence-corrected chi connectivity index (χ0v) is 10.3. The summed E-state index contributed by atoms with van der Waals surface area (Å²) in [5.74, 6) is 0.440. The maximum absolute atomic E-state index is 9.22. The highest BCUT2D eigenvalue weighted by Crippen LogP contribution is 2.23. The van der Waals surface area contributed by atoms with Gasteiger partial charge in [-0.15, -0.1) is 0 Å². The minimum atomic E-state index is 0.301. The second-order valence-electron chi connectivity index (χ2n) is 4.92. The Labute approximate surface area is 103 Å². The Kier molecular flexibility index (Phi) is 4.54. The van der Waals surface area contributed by atoms with Gasteiger partial charge in [0.25, 0.3) is 0 Å². The minimum absolute atomic E-state index is 0.301. The molecule has 1 aliphatic heterocycles. The van der Waals surface area contributed by atoms with Gasteiger partial charge < -0.3 is 10.8 Å². The van der Waals surface area contributed by atoms with Crippen LogP contribution in [-0.4, -0.2) is 35.7 Å². The maximum atomic E-state index is 9.22. The van der Waals surface area contributed by atoms with Gasteiger partial charge in [0.1, 0.15) is 0 Å². The summed E-state index contributed by atoms with van der Waals surface area (Å²) in [4.78, 5) is 2.45. The summed E-state index contributed by atoms with van der Waals surface area (Å²) in [5.41, 5.74) is 7.18. The van der Waals surface area contributed by atoms with Gasteiger partial charge in [0.2, 0.25) is 0 Å². The van der Waals surface area contributed by atoms with Crippen LogP contribution in [0, 0.1) is 5.92 Å². The Bertz CT molecular complexity index is 328. The van der Waals surface area contributed by atoms with Gasteiger partial charge in [-0.2, -0.15) is 0 Å². The number of hydrogen-bond acceptors (Lipinski definition) is 3. The Balaban J connectivity index is 1.96. The van der Waals surface area contributed by atoms with Crippen LogP contribution in [0.2, 0.25) is 0 Å². The third kappa shape index (κ3) is 3.28. The smallest absolute Gasteiger partial charge is 0.0460 e. The number of rotatable bonds is 4. The Morgan fingerprint density at radius 3 is 2.71 bits per heavy atom. The van der Waals surface area contributed by atoms with Gasteiger partial charge in [0, 0.05) is 25.7 Å². The first kappa shape index (κ1) is 12.6. The Hall–Kier alpha value is -0.900. The fourth-order valence-corrected chi connectivity index (χ4v) is 2.62. The number of nitrogens with two attached hydrogens (primary N) is 1. The molecule has 94 valence electrons. The predicted molar refractivity (Wildman–Crippen MR) is 69.5 cm³/mol. The lowest BCUT2D eigenvalue weighted by Gasteiger charge is -2.38. The average Bonchev–Trinajstić information content (AvgIpc) is 2.40. The van der Waals surface area contributed by atoms with E-state index < -0.39 is 0 Å². The average molecular weight is 234 g/mol. The van der Waals surface area contributed by atoms with Gasteiger partial charge in [-0.1, -0.05) is 30.3 Å². The van der Waals surface area contributed by atoms with Crippen molar-refractivity contribution in [1.29, 1.82) is 0 Å². The third-order valence-corrected chi connectivity index (χ3v) is 3.71. The molecule has 1 aromatic carbocycles. The lowest BCUT2D eigenvalue weighted by atomic mass is 9.91. The van der Waals surface area contributed by atoms with Gasteiger partial charge in [-0.25, -0.2) is 0 Å². The van der Waals surface area contributed by atoms with E-state index in [-0.39, 0.29) is 0 Å². The summed E-state index contributed by atoms with van der Waals surface area (Å²) in [7, 11) is 0. The molecule has 0 saturated carbocycles. The molecule has 0 spiro atoms. The highest BCUT2D eigenvalue weighted by molar-refractivity contribution is 5.14. The molecule has 1 saturated heterocycles. The van der Waals surface area contributed by atoms with Crippen molar-refractivity contribution in [3.8, 4) is 0 Å². The number of aliphatic hydroxyl groups is 1. The van der Waals surface area contributed by atoms with Crippen molar-refractivity contribution >= 4 is 0 Å². The highest BCUT2D eigenvalue weighted by atomic mass is 16.3. The van der Waals surface area contributed by atoms with E-state index in [9.17, 15) is 5.11 Å². The molecule has 0 radical (unpaired) electrons. The second kappa shape index (κ2) is 6.15. The summed E-state index contributed by atoms with van der Waals surface area (Å²) in [6, 6.07) is 10.9. The van der Waals surface area contributed by atoms with Crippen molar-refractivity contribution in [1.82, 2.24) is 4.90 Å². The summed E-state index contributed by atoms with van der Waals surface area (Å²) in [5, 5.41) is 9.22. The summed E-state index contributed by atoms with van der Waals surface area (Å²) < 4.78 is 0. The van der Waals surface area contributed by atoms with E-state index in [1.807, 2.05) is 6.07 Å². The van der Waals surface area contributed by atoms with Crippen molar-refractivity contribution in [2.24, 2.45) is 11.7 Å². The van der Waals surface area contributed by atoms with Crippen molar-refractivity contribution in [3.05, 3.63) is 35.9 Å². The summed E-state index contributed by atoms with van der Waals surface area (Å²) in [6.07, 6.45) is 2.11. The number of piperidine rings is 1. The number of nitrogens with zero attached hydrogens (tertiary/aromatic N) is 1. The highest BCUT2D eigenvalue weighted by Gasteiger charge is 2.26. The molecule has 0 amide bonds. The van der Waals surface area contributed by atoms with Crippen LogP contribution in [0.4, 0.5) is 0 Å². The molecule has 3 nitrogen and oxygen atoms in total. The van der Waals surface area contributed by atoms with Crippen LogP contribution in [0.3, 0.4) is 0 Å². The van der Waals surface area contributed by atoms with Gasteiger partial charge in [-0.05, 0) is 30.9 Å². The van der Waals surface area contributed by atoms with Crippen LogP contribution >= 0.6 is 0 Å². The van der Waals surface area contributed by atoms with Crippen molar-refractivity contribution < 1.29 is 5.11 Å². The minimum Gasteiger partial charge on any atom is -0.396 e. The van der Waals surface area contributed by atoms with Crippen molar-refractivity contribution in [2.45, 2.75) is 25.4 Å². The molecule has 3 heteroatoms. The molecule has 2 atom stereocenters. The van der Waals surface area contributed by atoms with Gasteiger partial charge in [0.15, 0.2) is 0 Å². The molecule has 2 rings (SSSR count). The number of hydrogen-bond donors (Lipinski definition) is 2. The molecule has 2 unspecified atom stereocenters. The molecule has 1 aliphatic rings. The second-order valence-corrected chi connectivity index (χ2v) is 4.92. The monoisotopic (exact) mass is 234 g/mol. The molecule has 17 heavy (non-hydrogen) atoms. The number of benzene rings is 1. The van der Waals surface area contributed by atoms with E-state index in [1.54, 1.807) is 0 Å². The molecule has 1 heterocycles. The molecular formula is C14H22N2O. The molecule has 0 aromatic heterocycles. The first-order chi connectivity index (χ1) is 8.33. The number of likely N-dealkylation sites (tertiary alicyclic amines) is 1. The van der Waals surface area contributed by atoms with Crippen LogP contribution in [0.5, 0.6) is 0 Å². The lowest BCUT2D eigenvalue weighted by molar-refractivity contribution is 0.0790. The van der Waals surface area contributed by atoms with Crippen molar-refractivity contribution in [2.75, 3.05) is 19.7 Å². The molecule has 0 bridgehead atoms. The Morgan fingerprint density at radius 1 is 1.29 bits per heavy atom. The van der Waals surface area contributed by atoms with Gasteiger partial charge in [-0.3, -0.25) is 4.90 Å². The molecule has 3 N–H and O–H groups in total. The first-order valence-electron chi connectivity index (χ1n) is 6.42. The van der Waals surface area contributed by atoms with E-state index in [0.717, 1.165) is 25.9 Å². The SMILES string of the molecule is NCC1CC(CO)CCN1Cc1ccccc1. The number of aliphatic hydroxyl groups excluding tert-OH is 1. The normalized spacial score (nSPS) is 26.0. The quantitative estimate of drug-likeness (QED) is 0.823. The predicted octanol–water partition coefficient (Wildman–Crippen LogP) is 1.22. The molecule has 1 fully saturated rings. The summed E-state index contributed by atoms with van der Waals surface area (Å²) >= 11 is 0. The zero-order chi connectivity index (χ0) is 12.1. The van der Waals surface area contributed by atoms with Crippen LogP contribution in [0.15, 0.2) is 30.3 Å². The van der Waals surface area contributed by atoms with Crippen LogP contribution in [0.1, 0.15) is 18.4 Å². The van der Waals surface area contributed by atoms with Gasteiger partial charge >= 0.3 is 0 Å². The topological polar surface area (TPSA) is 49.5 Å². The molecular weight excluding hydrogens is 212 g/mol. The van der Waals surface area contributed by atoms with E-state index in [1.165, 1.54) is 5.56 Å². The molecule has 0 aliphatic carbocycles. The summed E-state index contributed by atoms with van der Waals surface area (Å²) in [6.45, 7) is 3.00. The standard InChI is InChI=1S/C14H22N2O/c15-9-14-8-13(11-17)6-7-16(14)10-12-4-2-1-3-5-12/h1-5,13-14,17H,6-11,15H2. The van der Waals surface area contributed by atoms with E-state index in [4.69, 9.17) is 5.73 Å². The van der Waals surface area contributed by atoms with E-state index in [2.05, 4.69) is 29.2 Å². The van der Waals surface area contributed by atoms with Crippen LogP contribution < -0.4 is 5.73 Å². The van der Waals surface area contributed by atoms with E-state index >= 15 is 0 Å². The fourth-order valence-electron chi connectivity index (χ4n) is 2.62. The lowest BCUT2D eigenvalue weighted by Crippen LogP contribution is -2.46. The van der Waals surface area contributed by atoms with Gasteiger partial charge in [0.05, 0.1) is 0 Å². The van der Waals surface area contributed by atoms with E-state index in [0.29, 0.717) is 25.1 Å². The maximum Gasteiger partial charge on any atom is 0.0460 e. The molecule has 1 aromatic rings.